The minimum Gasteiger partial charge on any atom is -0.496 e. The molecule has 1 aromatic carbocycles. The van der Waals surface area contributed by atoms with Crippen LogP contribution in [0.1, 0.15) is 13.8 Å². The fraction of sp³-hybridized carbons (Fsp3) is 0.462. The number of carbonyl (C=O) groups is 1. The van der Waals surface area contributed by atoms with Gasteiger partial charge in [-0.15, -0.1) is 0 Å². The first-order chi connectivity index (χ1) is 9.40. The topological polar surface area (TPSA) is 90.7 Å². The molecule has 0 aromatic heterocycles. The highest BCUT2D eigenvalue weighted by Crippen LogP contribution is 2.30. The fourth-order valence-electron chi connectivity index (χ4n) is 1.70. The summed E-state index contributed by atoms with van der Waals surface area (Å²) < 4.78 is 9.65. The van der Waals surface area contributed by atoms with Gasteiger partial charge < -0.3 is 14.8 Å². The van der Waals surface area contributed by atoms with Crippen molar-refractivity contribution in [3.63, 3.8) is 0 Å². The molecule has 1 N–H and O–H groups in total. The molecule has 0 aliphatic heterocycles. The van der Waals surface area contributed by atoms with Crippen molar-refractivity contribution in [3.05, 3.63) is 28.3 Å². The van der Waals surface area contributed by atoms with Crippen LogP contribution in [-0.2, 0) is 9.53 Å². The van der Waals surface area contributed by atoms with Crippen LogP contribution in [0.3, 0.4) is 0 Å². The molecular weight excluding hydrogens is 264 g/mol. The SMILES string of the molecule is COC(=O)C(Nc1ccc(OC)cc1[N+](=O)[O-])C(C)C. The van der Waals surface area contributed by atoms with E-state index >= 15 is 0 Å². The Kier molecular flexibility index (Phi) is 5.31. The quantitative estimate of drug-likeness (QED) is 0.488. The van der Waals surface area contributed by atoms with E-state index in [4.69, 9.17) is 9.47 Å². The van der Waals surface area contributed by atoms with Gasteiger partial charge in [-0.05, 0) is 18.1 Å². The van der Waals surface area contributed by atoms with Crippen molar-refractivity contribution in [2.24, 2.45) is 5.92 Å². The molecule has 0 aliphatic carbocycles. The van der Waals surface area contributed by atoms with Crippen molar-refractivity contribution in [2.45, 2.75) is 19.9 Å². The third-order valence-corrected chi connectivity index (χ3v) is 2.83. The normalized spacial score (nSPS) is 11.8. The Hall–Kier alpha value is -2.31. The minimum atomic E-state index is -0.660. The van der Waals surface area contributed by atoms with E-state index in [-0.39, 0.29) is 17.3 Å². The van der Waals surface area contributed by atoms with Crippen LogP contribution in [0, 0.1) is 16.0 Å². The van der Waals surface area contributed by atoms with Crippen molar-refractivity contribution in [1.29, 1.82) is 0 Å². The molecule has 0 spiro atoms. The predicted octanol–water partition coefficient (Wildman–Crippen LogP) is 2.21. The second-order valence-electron chi connectivity index (χ2n) is 4.53. The third kappa shape index (κ3) is 3.59. The van der Waals surface area contributed by atoms with E-state index in [9.17, 15) is 14.9 Å². The lowest BCUT2D eigenvalue weighted by molar-refractivity contribution is -0.384. The highest BCUT2D eigenvalue weighted by atomic mass is 16.6. The summed E-state index contributed by atoms with van der Waals surface area (Å²) in [5, 5.41) is 13.9. The van der Waals surface area contributed by atoms with E-state index < -0.39 is 16.9 Å². The summed E-state index contributed by atoms with van der Waals surface area (Å²) in [5.74, 6) is -0.171. The average molecular weight is 282 g/mol. The molecule has 0 saturated heterocycles. The van der Waals surface area contributed by atoms with Gasteiger partial charge in [0.25, 0.3) is 5.69 Å². The predicted molar refractivity (Wildman–Crippen MR) is 73.9 cm³/mol. The number of anilines is 1. The summed E-state index contributed by atoms with van der Waals surface area (Å²) >= 11 is 0. The summed E-state index contributed by atoms with van der Waals surface area (Å²) in [4.78, 5) is 22.2. The number of hydrogen-bond acceptors (Lipinski definition) is 6. The van der Waals surface area contributed by atoms with E-state index in [1.807, 2.05) is 13.8 Å². The maximum absolute atomic E-state index is 11.7. The molecular formula is C13H18N2O5. The van der Waals surface area contributed by atoms with Crippen LogP contribution in [0.15, 0.2) is 18.2 Å². The molecule has 110 valence electrons. The maximum atomic E-state index is 11.7. The summed E-state index contributed by atoms with van der Waals surface area (Å²) in [6.45, 7) is 3.65. The van der Waals surface area contributed by atoms with Gasteiger partial charge >= 0.3 is 5.97 Å². The van der Waals surface area contributed by atoms with Gasteiger partial charge in [-0.2, -0.15) is 0 Å². The fourth-order valence-corrected chi connectivity index (χ4v) is 1.70. The van der Waals surface area contributed by atoms with Gasteiger partial charge in [-0.25, -0.2) is 4.79 Å². The number of carbonyl (C=O) groups excluding carboxylic acids is 1. The number of ether oxygens (including phenoxy) is 2. The number of nitro benzene ring substituents is 1. The molecule has 7 nitrogen and oxygen atoms in total. The van der Waals surface area contributed by atoms with Gasteiger partial charge in [0.1, 0.15) is 17.5 Å². The molecule has 20 heavy (non-hydrogen) atoms. The lowest BCUT2D eigenvalue weighted by Crippen LogP contribution is -2.35. The number of rotatable bonds is 6. The third-order valence-electron chi connectivity index (χ3n) is 2.83. The van der Waals surface area contributed by atoms with E-state index in [1.54, 1.807) is 6.07 Å². The average Bonchev–Trinajstić information content (AvgIpc) is 2.43. The van der Waals surface area contributed by atoms with Gasteiger partial charge in [0.15, 0.2) is 0 Å². The van der Waals surface area contributed by atoms with Crippen LogP contribution in [-0.4, -0.2) is 31.2 Å². The Morgan fingerprint density at radius 3 is 2.45 bits per heavy atom. The Bertz CT molecular complexity index is 502. The number of nitrogens with one attached hydrogen (secondary N) is 1. The van der Waals surface area contributed by atoms with E-state index in [0.717, 1.165) is 0 Å². The molecule has 0 amide bonds. The Balaban J connectivity index is 3.12. The van der Waals surface area contributed by atoms with Crippen LogP contribution in [0.2, 0.25) is 0 Å². The van der Waals surface area contributed by atoms with Gasteiger partial charge in [0.05, 0.1) is 25.2 Å². The van der Waals surface area contributed by atoms with Crippen LogP contribution < -0.4 is 10.1 Å². The smallest absolute Gasteiger partial charge is 0.328 e. The van der Waals surface area contributed by atoms with Crippen LogP contribution >= 0.6 is 0 Å². The molecule has 7 heteroatoms. The number of nitrogens with zero attached hydrogens (tertiary/aromatic N) is 1. The summed E-state index contributed by atoms with van der Waals surface area (Å²) in [5.41, 5.74) is 0.0961. The Labute approximate surface area is 117 Å². The summed E-state index contributed by atoms with van der Waals surface area (Å²) in [6.07, 6.45) is 0. The van der Waals surface area contributed by atoms with Crippen molar-refractivity contribution in [1.82, 2.24) is 0 Å². The van der Waals surface area contributed by atoms with Crippen molar-refractivity contribution >= 4 is 17.3 Å². The summed E-state index contributed by atoms with van der Waals surface area (Å²) in [7, 11) is 2.71. The first-order valence-electron chi connectivity index (χ1n) is 6.07. The second-order valence-corrected chi connectivity index (χ2v) is 4.53. The molecule has 0 bridgehead atoms. The largest absolute Gasteiger partial charge is 0.496 e. The number of nitro groups is 1. The van der Waals surface area contributed by atoms with Crippen molar-refractivity contribution in [2.75, 3.05) is 19.5 Å². The summed E-state index contributed by atoms with van der Waals surface area (Å²) in [6, 6.07) is 3.74. The zero-order valence-corrected chi connectivity index (χ0v) is 11.9. The van der Waals surface area contributed by atoms with Gasteiger partial charge in [-0.1, -0.05) is 13.8 Å². The Morgan fingerprint density at radius 1 is 1.35 bits per heavy atom. The molecule has 1 aromatic rings. The first-order valence-corrected chi connectivity index (χ1v) is 6.07. The highest BCUT2D eigenvalue weighted by Gasteiger charge is 2.26. The second kappa shape index (κ2) is 6.74. The van der Waals surface area contributed by atoms with Crippen LogP contribution in [0.4, 0.5) is 11.4 Å². The zero-order chi connectivity index (χ0) is 15.3. The number of benzene rings is 1. The van der Waals surface area contributed by atoms with Gasteiger partial charge in [0.2, 0.25) is 0 Å². The molecule has 0 aliphatic rings. The van der Waals surface area contributed by atoms with Gasteiger partial charge in [0, 0.05) is 0 Å². The van der Waals surface area contributed by atoms with Crippen LogP contribution in [0.5, 0.6) is 5.75 Å². The standard InChI is InChI=1S/C13H18N2O5/c1-8(2)12(13(16)20-4)14-10-6-5-9(19-3)7-11(10)15(17)18/h5-8,12,14H,1-4H3. The zero-order valence-electron chi connectivity index (χ0n) is 11.9. The molecule has 1 rings (SSSR count). The lowest BCUT2D eigenvalue weighted by atomic mass is 10.0. The Morgan fingerprint density at radius 2 is 2.00 bits per heavy atom. The molecule has 0 radical (unpaired) electrons. The highest BCUT2D eigenvalue weighted by molar-refractivity contribution is 5.81. The first kappa shape index (κ1) is 15.7. The molecule has 0 saturated carbocycles. The molecule has 1 atom stereocenters. The molecule has 0 fully saturated rings. The molecule has 1 unspecified atom stereocenters. The van der Waals surface area contributed by atoms with Crippen LogP contribution in [0.25, 0.3) is 0 Å². The number of hydrogen-bond donors (Lipinski definition) is 1. The van der Waals surface area contributed by atoms with Crippen molar-refractivity contribution in [3.8, 4) is 5.75 Å². The van der Waals surface area contributed by atoms with E-state index in [1.165, 1.54) is 26.4 Å². The van der Waals surface area contributed by atoms with Gasteiger partial charge in [-0.3, -0.25) is 10.1 Å². The number of esters is 1. The monoisotopic (exact) mass is 282 g/mol. The van der Waals surface area contributed by atoms with E-state index in [0.29, 0.717) is 5.75 Å². The maximum Gasteiger partial charge on any atom is 0.328 e. The molecule has 0 heterocycles. The van der Waals surface area contributed by atoms with Crippen molar-refractivity contribution < 1.29 is 19.2 Å². The lowest BCUT2D eigenvalue weighted by Gasteiger charge is -2.20. The minimum absolute atomic E-state index is 0.0795. The number of methoxy groups -OCH3 is 2. The van der Waals surface area contributed by atoms with E-state index in [2.05, 4.69) is 5.32 Å².